The van der Waals surface area contributed by atoms with Crippen LogP contribution in [0.1, 0.15) is 20.7 Å². The van der Waals surface area contributed by atoms with Gasteiger partial charge in [0.25, 0.3) is 17.6 Å². The Bertz CT molecular complexity index is 1260. The van der Waals surface area contributed by atoms with Gasteiger partial charge in [0.15, 0.2) is 0 Å². The molecule has 10 nitrogen and oxygen atoms in total. The lowest BCUT2D eigenvalue weighted by Gasteiger charge is -2.34. The van der Waals surface area contributed by atoms with Gasteiger partial charge in [0.2, 0.25) is 0 Å². The third kappa shape index (κ3) is 4.31. The van der Waals surface area contributed by atoms with Crippen LogP contribution in [-0.2, 0) is 14.4 Å². The Labute approximate surface area is 187 Å². The van der Waals surface area contributed by atoms with Crippen molar-refractivity contribution < 1.29 is 29.1 Å². The summed E-state index contributed by atoms with van der Waals surface area (Å²) in [4.78, 5) is 66.5. The normalized spacial score (nSPS) is 13.6. The molecule has 168 valence electrons. The summed E-state index contributed by atoms with van der Waals surface area (Å²) in [5.74, 6) is -4.41. The summed E-state index contributed by atoms with van der Waals surface area (Å²) in [5, 5.41) is 11.4. The quantitative estimate of drug-likeness (QED) is 0.407. The van der Waals surface area contributed by atoms with E-state index >= 15 is 0 Å². The molecule has 1 aromatic heterocycles. The monoisotopic (exact) mass is 448 g/mol. The minimum absolute atomic E-state index is 0.115. The number of H-pyrrole nitrogens is 1. The number of hydrogen-bond donors (Lipinski definition) is 3. The number of hydrogen-bond acceptors (Lipinski definition) is 5. The number of ketones is 1. The third-order valence-electron chi connectivity index (χ3n) is 5.47. The maximum absolute atomic E-state index is 12.9. The van der Waals surface area contributed by atoms with Gasteiger partial charge in [-0.05, 0) is 18.2 Å². The molecule has 0 radical (unpaired) electrons. The fraction of sp³-hybridized carbons (Fsp3) is 0.174. The minimum atomic E-state index is -1.64. The Morgan fingerprint density at radius 1 is 0.848 bits per heavy atom. The molecule has 10 heteroatoms. The van der Waals surface area contributed by atoms with Gasteiger partial charge >= 0.3 is 11.9 Å². The second kappa shape index (κ2) is 8.95. The van der Waals surface area contributed by atoms with Crippen molar-refractivity contribution in [3.05, 3.63) is 65.9 Å². The lowest BCUT2D eigenvalue weighted by molar-refractivity contribution is -0.147. The topological polar surface area (TPSA) is 140 Å². The third-order valence-corrected chi connectivity index (χ3v) is 5.47. The molecule has 0 unspecified atom stereocenters. The fourth-order valence-corrected chi connectivity index (χ4v) is 3.76. The molecule has 0 spiro atoms. The molecule has 0 atom stereocenters. The summed E-state index contributed by atoms with van der Waals surface area (Å²) in [6.45, 7) is 1.08. The summed E-state index contributed by atoms with van der Waals surface area (Å²) in [7, 11) is 0. The molecule has 2 aromatic carbocycles. The molecule has 1 saturated heterocycles. The molecule has 1 fully saturated rings. The van der Waals surface area contributed by atoms with Crippen LogP contribution in [0.25, 0.3) is 10.9 Å². The van der Waals surface area contributed by atoms with Gasteiger partial charge in [0, 0.05) is 43.3 Å². The lowest BCUT2D eigenvalue weighted by Crippen LogP contribution is -2.52. The molecular formula is C23H20N4O6. The van der Waals surface area contributed by atoms with E-state index in [9.17, 15) is 24.0 Å². The van der Waals surface area contributed by atoms with E-state index in [2.05, 4.69) is 10.3 Å². The first-order chi connectivity index (χ1) is 15.9. The van der Waals surface area contributed by atoms with Gasteiger partial charge in [0.05, 0.1) is 16.8 Å². The highest BCUT2D eigenvalue weighted by Gasteiger charge is 2.30. The molecule has 1 aliphatic heterocycles. The highest BCUT2D eigenvalue weighted by Crippen LogP contribution is 2.26. The van der Waals surface area contributed by atoms with Crippen LogP contribution in [0.3, 0.4) is 0 Å². The van der Waals surface area contributed by atoms with Gasteiger partial charge in [-0.15, -0.1) is 0 Å². The van der Waals surface area contributed by atoms with Crippen molar-refractivity contribution in [1.82, 2.24) is 14.8 Å². The van der Waals surface area contributed by atoms with Gasteiger partial charge in [-0.2, -0.15) is 0 Å². The SMILES string of the molecule is O=C(O)C(=O)Nc1cccc2c(C(=O)C(=O)N3CCN(C(=O)c4ccccc4)CC3)c[nH]c12. The molecular weight excluding hydrogens is 428 g/mol. The van der Waals surface area contributed by atoms with Crippen molar-refractivity contribution in [3.8, 4) is 0 Å². The molecule has 0 bridgehead atoms. The Morgan fingerprint density at radius 2 is 1.52 bits per heavy atom. The Balaban J connectivity index is 1.46. The highest BCUT2D eigenvalue weighted by molar-refractivity contribution is 6.45. The van der Waals surface area contributed by atoms with Crippen LogP contribution in [0.2, 0.25) is 0 Å². The number of carboxylic acids is 1. The van der Waals surface area contributed by atoms with E-state index in [1.54, 1.807) is 41.3 Å². The lowest BCUT2D eigenvalue weighted by atomic mass is 10.1. The number of nitrogens with one attached hydrogen (secondary N) is 2. The van der Waals surface area contributed by atoms with Crippen molar-refractivity contribution in [2.75, 3.05) is 31.5 Å². The van der Waals surface area contributed by atoms with Gasteiger partial charge in [-0.3, -0.25) is 19.2 Å². The predicted molar refractivity (Wildman–Crippen MR) is 118 cm³/mol. The molecule has 3 N–H and O–H groups in total. The maximum Gasteiger partial charge on any atom is 0.394 e. The zero-order chi connectivity index (χ0) is 23.5. The van der Waals surface area contributed by atoms with Gasteiger partial charge < -0.3 is 25.2 Å². The van der Waals surface area contributed by atoms with E-state index in [0.29, 0.717) is 29.6 Å². The first-order valence-electron chi connectivity index (χ1n) is 10.2. The number of nitrogens with zero attached hydrogens (tertiary/aromatic N) is 2. The van der Waals surface area contributed by atoms with Gasteiger partial charge in [-0.25, -0.2) is 4.79 Å². The molecule has 2 heterocycles. The van der Waals surface area contributed by atoms with Crippen LogP contribution in [0.5, 0.6) is 0 Å². The Hall–Kier alpha value is -4.47. The van der Waals surface area contributed by atoms with Crippen molar-refractivity contribution >= 4 is 46.1 Å². The molecule has 1 aliphatic rings. The molecule has 3 aromatic rings. The number of carbonyl (C=O) groups excluding carboxylic acids is 4. The van der Waals surface area contributed by atoms with E-state index in [1.165, 1.54) is 17.2 Å². The average Bonchev–Trinajstić information content (AvgIpc) is 3.28. The van der Waals surface area contributed by atoms with Gasteiger partial charge in [0.1, 0.15) is 0 Å². The fourth-order valence-electron chi connectivity index (χ4n) is 3.76. The van der Waals surface area contributed by atoms with Crippen molar-refractivity contribution in [1.29, 1.82) is 0 Å². The van der Waals surface area contributed by atoms with Gasteiger partial charge in [-0.1, -0.05) is 30.3 Å². The second-order valence-electron chi connectivity index (χ2n) is 7.47. The maximum atomic E-state index is 12.9. The first-order valence-corrected chi connectivity index (χ1v) is 10.2. The standard InChI is InChI=1S/C23H20N4O6/c28-19(16-13-24-18-15(16)7-4-8-17(18)25-20(29)23(32)33)22(31)27-11-9-26(10-12-27)21(30)14-5-2-1-3-6-14/h1-8,13,24H,9-12H2,(H,25,29)(H,32,33). The van der Waals surface area contributed by atoms with E-state index in [0.717, 1.165) is 0 Å². The zero-order valence-corrected chi connectivity index (χ0v) is 17.4. The first kappa shape index (κ1) is 21.8. The minimum Gasteiger partial charge on any atom is -0.474 e. The number of aliphatic carboxylic acids is 1. The number of aromatic nitrogens is 1. The van der Waals surface area contributed by atoms with Crippen LogP contribution in [0, 0.1) is 0 Å². The Morgan fingerprint density at radius 3 is 2.18 bits per heavy atom. The average molecular weight is 448 g/mol. The summed E-state index contributed by atoms with van der Waals surface area (Å²) in [6, 6.07) is 13.5. The van der Waals surface area contributed by atoms with E-state index in [4.69, 9.17) is 5.11 Å². The smallest absolute Gasteiger partial charge is 0.394 e. The second-order valence-corrected chi connectivity index (χ2v) is 7.47. The zero-order valence-electron chi connectivity index (χ0n) is 17.4. The number of piperazine rings is 1. The number of para-hydroxylation sites is 1. The number of benzene rings is 2. The largest absolute Gasteiger partial charge is 0.474 e. The summed E-state index contributed by atoms with van der Waals surface area (Å²) in [6.07, 6.45) is 1.36. The molecule has 0 aliphatic carbocycles. The number of fused-ring (bicyclic) bond motifs is 1. The summed E-state index contributed by atoms with van der Waals surface area (Å²) in [5.41, 5.74) is 1.20. The van der Waals surface area contributed by atoms with Crippen LogP contribution in [0.15, 0.2) is 54.7 Å². The van der Waals surface area contributed by atoms with Crippen molar-refractivity contribution in [3.63, 3.8) is 0 Å². The number of carbonyl (C=O) groups is 5. The van der Waals surface area contributed by atoms with E-state index in [1.807, 2.05) is 6.07 Å². The molecule has 3 amide bonds. The Kier molecular flexibility index (Phi) is 5.90. The van der Waals surface area contributed by atoms with Crippen molar-refractivity contribution in [2.45, 2.75) is 0 Å². The predicted octanol–water partition coefficient (Wildman–Crippen LogP) is 1.36. The molecule has 4 rings (SSSR count). The van der Waals surface area contributed by atoms with Crippen molar-refractivity contribution in [2.24, 2.45) is 0 Å². The van der Waals surface area contributed by atoms with Crippen LogP contribution in [0.4, 0.5) is 5.69 Å². The van der Waals surface area contributed by atoms with Crippen LogP contribution >= 0.6 is 0 Å². The highest BCUT2D eigenvalue weighted by atomic mass is 16.4. The van der Waals surface area contributed by atoms with E-state index < -0.39 is 23.6 Å². The molecule has 0 saturated carbocycles. The number of anilines is 1. The van der Waals surface area contributed by atoms with E-state index in [-0.39, 0.29) is 30.2 Å². The number of amides is 3. The number of carboxylic acid groups (broad SMARTS) is 1. The summed E-state index contributed by atoms with van der Waals surface area (Å²) < 4.78 is 0. The number of Topliss-reactive ketones (excluding diaryl/α,β-unsaturated/α-hetero) is 1. The van der Waals surface area contributed by atoms with Crippen LogP contribution < -0.4 is 5.32 Å². The van der Waals surface area contributed by atoms with Crippen LogP contribution in [-0.4, -0.2) is 75.5 Å². The number of rotatable bonds is 4. The molecule has 33 heavy (non-hydrogen) atoms. The summed E-state index contributed by atoms with van der Waals surface area (Å²) >= 11 is 0. The number of aromatic amines is 1.